The molecule has 2 heterocycles. The van der Waals surface area contributed by atoms with E-state index in [4.69, 9.17) is 0 Å². The molecule has 1 saturated heterocycles. The van der Waals surface area contributed by atoms with Crippen LogP contribution >= 0.6 is 0 Å². The van der Waals surface area contributed by atoms with E-state index in [1.54, 1.807) is 18.5 Å². The highest BCUT2D eigenvalue weighted by atomic mass is 16.2. The van der Waals surface area contributed by atoms with Crippen LogP contribution in [0.25, 0.3) is 0 Å². The van der Waals surface area contributed by atoms with E-state index in [0.29, 0.717) is 18.7 Å². The van der Waals surface area contributed by atoms with Crippen molar-refractivity contribution in [3.05, 3.63) is 60.2 Å². The lowest BCUT2D eigenvalue weighted by Gasteiger charge is -2.32. The summed E-state index contributed by atoms with van der Waals surface area (Å²) in [5, 5.41) is 3.14. The molecule has 1 atom stereocenters. The first-order valence-electron chi connectivity index (χ1n) is 8.60. The molecule has 1 aromatic heterocycles. The molecule has 6 heteroatoms. The number of nitrogens with zero attached hydrogens (tertiary/aromatic N) is 3. The SMILES string of the molecule is O=C(NC1CC12CCN(C(=O)c1ncccn1)CC2)c1ccccc1. The van der Waals surface area contributed by atoms with Crippen LogP contribution in [-0.2, 0) is 0 Å². The molecular formula is C19H20N4O2. The predicted octanol–water partition coefficient (Wildman–Crippen LogP) is 1.90. The Bertz CT molecular complexity index is 771. The van der Waals surface area contributed by atoms with E-state index in [1.165, 1.54) is 0 Å². The molecule has 1 N–H and O–H groups in total. The molecular weight excluding hydrogens is 316 g/mol. The number of hydrogen-bond acceptors (Lipinski definition) is 4. The maximum atomic E-state index is 12.4. The highest BCUT2D eigenvalue weighted by Gasteiger charge is 2.56. The molecule has 0 bridgehead atoms. The summed E-state index contributed by atoms with van der Waals surface area (Å²) >= 11 is 0. The van der Waals surface area contributed by atoms with E-state index in [2.05, 4.69) is 15.3 Å². The Kier molecular flexibility index (Phi) is 3.95. The standard InChI is InChI=1S/C19H20N4O2/c24-17(14-5-2-1-3-6-14)22-15-13-19(15)7-11-23(12-8-19)18(25)16-20-9-4-10-21-16/h1-6,9-10,15H,7-8,11-13H2,(H,22,24). The smallest absolute Gasteiger partial charge is 0.291 e. The molecule has 1 spiro atoms. The number of hydrogen-bond donors (Lipinski definition) is 1. The Labute approximate surface area is 146 Å². The van der Waals surface area contributed by atoms with Gasteiger partial charge in [-0.2, -0.15) is 0 Å². The fourth-order valence-corrected chi connectivity index (χ4v) is 3.64. The summed E-state index contributed by atoms with van der Waals surface area (Å²) in [5.74, 6) is 0.128. The highest BCUT2D eigenvalue weighted by Crippen LogP contribution is 2.54. The first-order chi connectivity index (χ1) is 12.2. The third-order valence-electron chi connectivity index (χ3n) is 5.33. The monoisotopic (exact) mass is 336 g/mol. The molecule has 0 radical (unpaired) electrons. The Balaban J connectivity index is 1.32. The number of amides is 2. The number of benzene rings is 1. The molecule has 2 fully saturated rings. The molecule has 1 saturated carbocycles. The summed E-state index contributed by atoms with van der Waals surface area (Å²) in [6, 6.07) is 11.2. The van der Waals surface area contributed by atoms with Crippen molar-refractivity contribution in [3.63, 3.8) is 0 Å². The van der Waals surface area contributed by atoms with Crippen molar-refractivity contribution < 1.29 is 9.59 Å². The zero-order chi connectivity index (χ0) is 17.3. The van der Waals surface area contributed by atoms with Crippen molar-refractivity contribution in [3.8, 4) is 0 Å². The quantitative estimate of drug-likeness (QED) is 0.929. The molecule has 1 unspecified atom stereocenters. The lowest BCUT2D eigenvalue weighted by molar-refractivity contribution is 0.0655. The second-order valence-electron chi connectivity index (χ2n) is 6.82. The average molecular weight is 336 g/mol. The van der Waals surface area contributed by atoms with Gasteiger partial charge in [-0.3, -0.25) is 9.59 Å². The van der Waals surface area contributed by atoms with Crippen molar-refractivity contribution in [2.24, 2.45) is 5.41 Å². The lowest BCUT2D eigenvalue weighted by atomic mass is 9.92. The Hall–Kier alpha value is -2.76. The number of likely N-dealkylation sites (tertiary alicyclic amines) is 1. The van der Waals surface area contributed by atoms with Gasteiger partial charge < -0.3 is 10.2 Å². The summed E-state index contributed by atoms with van der Waals surface area (Å²) in [5.41, 5.74) is 0.845. The molecule has 1 aliphatic carbocycles. The van der Waals surface area contributed by atoms with E-state index < -0.39 is 0 Å². The first-order valence-corrected chi connectivity index (χ1v) is 8.60. The topological polar surface area (TPSA) is 75.2 Å². The zero-order valence-electron chi connectivity index (χ0n) is 13.9. The maximum absolute atomic E-state index is 12.4. The molecule has 4 rings (SSSR count). The van der Waals surface area contributed by atoms with Crippen LogP contribution < -0.4 is 5.32 Å². The van der Waals surface area contributed by atoms with Gasteiger partial charge in [-0.25, -0.2) is 9.97 Å². The van der Waals surface area contributed by atoms with Crippen LogP contribution in [-0.4, -0.2) is 45.8 Å². The Morgan fingerprint density at radius 1 is 1.04 bits per heavy atom. The molecule has 1 aliphatic heterocycles. The molecule has 128 valence electrons. The second-order valence-corrected chi connectivity index (χ2v) is 6.82. The van der Waals surface area contributed by atoms with Gasteiger partial charge in [0.1, 0.15) is 0 Å². The number of carbonyl (C=O) groups is 2. The summed E-state index contributed by atoms with van der Waals surface area (Å²) in [4.78, 5) is 34.6. The number of rotatable bonds is 3. The summed E-state index contributed by atoms with van der Waals surface area (Å²) in [7, 11) is 0. The molecule has 25 heavy (non-hydrogen) atoms. The van der Waals surface area contributed by atoms with E-state index in [9.17, 15) is 9.59 Å². The van der Waals surface area contributed by atoms with Crippen molar-refractivity contribution >= 4 is 11.8 Å². The van der Waals surface area contributed by atoms with Gasteiger partial charge >= 0.3 is 0 Å². The third kappa shape index (κ3) is 3.12. The van der Waals surface area contributed by atoms with Crippen molar-refractivity contribution in [2.75, 3.05) is 13.1 Å². The molecule has 2 aliphatic rings. The van der Waals surface area contributed by atoms with Gasteiger partial charge in [-0.1, -0.05) is 18.2 Å². The number of aromatic nitrogens is 2. The third-order valence-corrected chi connectivity index (χ3v) is 5.33. The van der Waals surface area contributed by atoms with E-state index in [1.807, 2.05) is 35.2 Å². The fourth-order valence-electron chi connectivity index (χ4n) is 3.64. The lowest BCUT2D eigenvalue weighted by Crippen LogP contribution is -2.42. The van der Waals surface area contributed by atoms with Crippen LogP contribution in [0.5, 0.6) is 0 Å². The summed E-state index contributed by atoms with van der Waals surface area (Å²) in [6.07, 6.45) is 5.98. The van der Waals surface area contributed by atoms with Gasteiger partial charge in [-0.05, 0) is 42.9 Å². The van der Waals surface area contributed by atoms with Gasteiger partial charge in [0.05, 0.1) is 0 Å². The zero-order valence-corrected chi connectivity index (χ0v) is 13.9. The van der Waals surface area contributed by atoms with E-state index in [-0.39, 0.29) is 29.1 Å². The summed E-state index contributed by atoms with van der Waals surface area (Å²) < 4.78 is 0. The highest BCUT2D eigenvalue weighted by molar-refractivity contribution is 5.94. The maximum Gasteiger partial charge on any atom is 0.291 e. The summed E-state index contributed by atoms with van der Waals surface area (Å²) in [6.45, 7) is 1.38. The fraction of sp³-hybridized carbons (Fsp3) is 0.368. The van der Waals surface area contributed by atoms with Crippen LogP contribution in [0.4, 0.5) is 0 Å². The van der Waals surface area contributed by atoms with Crippen molar-refractivity contribution in [1.29, 1.82) is 0 Å². The molecule has 2 amide bonds. The van der Waals surface area contributed by atoms with Gasteiger partial charge in [0.25, 0.3) is 11.8 Å². The molecule has 1 aromatic carbocycles. The van der Waals surface area contributed by atoms with Crippen LogP contribution in [0.1, 0.15) is 40.2 Å². The Morgan fingerprint density at radius 2 is 1.72 bits per heavy atom. The minimum Gasteiger partial charge on any atom is -0.349 e. The van der Waals surface area contributed by atoms with Crippen LogP contribution in [0.3, 0.4) is 0 Å². The van der Waals surface area contributed by atoms with Crippen LogP contribution in [0.15, 0.2) is 48.8 Å². The first kappa shape index (κ1) is 15.7. The van der Waals surface area contributed by atoms with Crippen LogP contribution in [0.2, 0.25) is 0 Å². The van der Waals surface area contributed by atoms with Gasteiger partial charge in [0.15, 0.2) is 0 Å². The van der Waals surface area contributed by atoms with Gasteiger partial charge in [-0.15, -0.1) is 0 Å². The van der Waals surface area contributed by atoms with Crippen molar-refractivity contribution in [1.82, 2.24) is 20.2 Å². The number of piperidine rings is 1. The number of nitrogens with one attached hydrogen (secondary N) is 1. The van der Waals surface area contributed by atoms with E-state index in [0.717, 1.165) is 19.3 Å². The minimum absolute atomic E-state index is 0.0151. The second kappa shape index (κ2) is 6.27. The normalized spacial score (nSPS) is 21.0. The minimum atomic E-state index is -0.110. The number of carbonyl (C=O) groups excluding carboxylic acids is 2. The van der Waals surface area contributed by atoms with E-state index >= 15 is 0 Å². The largest absolute Gasteiger partial charge is 0.349 e. The van der Waals surface area contributed by atoms with Gasteiger partial charge in [0.2, 0.25) is 5.82 Å². The average Bonchev–Trinajstić information content (AvgIpc) is 3.34. The van der Waals surface area contributed by atoms with Gasteiger partial charge in [0, 0.05) is 37.1 Å². The molecule has 6 nitrogen and oxygen atoms in total. The predicted molar refractivity (Wildman–Crippen MR) is 91.9 cm³/mol. The Morgan fingerprint density at radius 3 is 2.40 bits per heavy atom. The van der Waals surface area contributed by atoms with Crippen LogP contribution in [0, 0.1) is 5.41 Å². The molecule has 2 aromatic rings. The van der Waals surface area contributed by atoms with Crippen molar-refractivity contribution in [2.45, 2.75) is 25.3 Å².